The van der Waals surface area contributed by atoms with Crippen LogP contribution in [0.1, 0.15) is 12.1 Å². The molecule has 0 bridgehead atoms. The van der Waals surface area contributed by atoms with Gasteiger partial charge in [0.25, 0.3) is 0 Å². The third-order valence-electron chi connectivity index (χ3n) is 4.09. The molecule has 0 atom stereocenters. The number of fused-ring (bicyclic) bond motifs is 1. The minimum Gasteiger partial charge on any atom is -0.463 e. The van der Waals surface area contributed by atoms with Crippen molar-refractivity contribution in [2.45, 2.75) is 13.3 Å². The van der Waals surface area contributed by atoms with Gasteiger partial charge in [-0.3, -0.25) is 10.5 Å². The van der Waals surface area contributed by atoms with Crippen LogP contribution in [-0.4, -0.2) is 26.9 Å². The second-order valence-corrected chi connectivity index (χ2v) is 6.33. The highest BCUT2D eigenvalue weighted by molar-refractivity contribution is 5.99. The first-order valence-electron chi connectivity index (χ1n) is 8.55. The summed E-state index contributed by atoms with van der Waals surface area (Å²) in [6.07, 6.45) is 1.31. The van der Waals surface area contributed by atoms with Gasteiger partial charge in [-0.15, -0.1) is 0 Å². The zero-order chi connectivity index (χ0) is 20.5. The number of aromatic amines is 2. The van der Waals surface area contributed by atoms with Crippen molar-refractivity contribution >= 4 is 28.5 Å². The SMILES string of the molecule is Cc1cc2c(F)c(OC(=N)CC(N)=Nc3cc(-c4ccco4)[nH]n3)cc(F)c2[nH]1. The van der Waals surface area contributed by atoms with Gasteiger partial charge in [0.1, 0.15) is 11.5 Å². The van der Waals surface area contributed by atoms with E-state index < -0.39 is 23.3 Å². The van der Waals surface area contributed by atoms with Crippen LogP contribution in [0.25, 0.3) is 22.4 Å². The number of benzene rings is 1. The van der Waals surface area contributed by atoms with Gasteiger partial charge in [0.2, 0.25) is 0 Å². The first-order valence-corrected chi connectivity index (χ1v) is 8.55. The van der Waals surface area contributed by atoms with Crippen LogP contribution in [0, 0.1) is 24.0 Å². The molecule has 0 saturated heterocycles. The molecule has 3 heterocycles. The van der Waals surface area contributed by atoms with Crippen LogP contribution in [0.5, 0.6) is 5.75 Å². The Labute approximate surface area is 162 Å². The van der Waals surface area contributed by atoms with Crippen LogP contribution in [-0.2, 0) is 0 Å². The summed E-state index contributed by atoms with van der Waals surface area (Å²) in [6.45, 7) is 1.69. The normalized spacial score (nSPS) is 11.9. The molecule has 0 saturated carbocycles. The number of ether oxygens (including phenoxy) is 1. The predicted octanol–water partition coefficient (Wildman–Crippen LogP) is 4.17. The van der Waals surface area contributed by atoms with Gasteiger partial charge in [0, 0.05) is 23.2 Å². The van der Waals surface area contributed by atoms with E-state index in [4.69, 9.17) is 20.3 Å². The number of nitrogens with one attached hydrogen (secondary N) is 3. The molecule has 0 aliphatic heterocycles. The van der Waals surface area contributed by atoms with Crippen molar-refractivity contribution in [2.75, 3.05) is 0 Å². The summed E-state index contributed by atoms with van der Waals surface area (Å²) in [6, 6.07) is 7.46. The topological polar surface area (TPSA) is 129 Å². The molecule has 0 fully saturated rings. The monoisotopic (exact) mass is 398 g/mol. The molecule has 0 aliphatic carbocycles. The van der Waals surface area contributed by atoms with Gasteiger partial charge in [0.05, 0.1) is 18.2 Å². The Kier molecular flexibility index (Phi) is 4.59. The van der Waals surface area contributed by atoms with Crippen molar-refractivity contribution in [3.63, 3.8) is 0 Å². The molecule has 8 nitrogen and oxygen atoms in total. The maximum Gasteiger partial charge on any atom is 0.195 e. The minimum atomic E-state index is -0.763. The largest absolute Gasteiger partial charge is 0.463 e. The van der Waals surface area contributed by atoms with E-state index in [2.05, 4.69) is 20.2 Å². The van der Waals surface area contributed by atoms with Crippen LogP contribution < -0.4 is 10.5 Å². The van der Waals surface area contributed by atoms with Crippen LogP contribution in [0.2, 0.25) is 0 Å². The molecular weight excluding hydrogens is 382 g/mol. The van der Waals surface area contributed by atoms with Gasteiger partial charge < -0.3 is 19.9 Å². The molecule has 4 aromatic rings. The molecular formula is C19H16F2N6O2. The van der Waals surface area contributed by atoms with E-state index in [1.807, 2.05) is 0 Å². The summed E-state index contributed by atoms with van der Waals surface area (Å²) in [4.78, 5) is 6.82. The van der Waals surface area contributed by atoms with Crippen molar-refractivity contribution in [3.8, 4) is 17.2 Å². The standard InChI is InChI=1S/C19H16F2N6O2/c1-9-5-10-18(21)14(6-11(20)19(10)24-9)29-16(23)8-15(22)25-17-7-12(26-27-17)13-3-2-4-28-13/h2-7,23-24H,8H2,1H3,(H3,22,25,26,27). The molecule has 0 radical (unpaired) electrons. The molecule has 4 rings (SSSR count). The Morgan fingerprint density at radius 1 is 1.34 bits per heavy atom. The van der Waals surface area contributed by atoms with E-state index in [0.29, 0.717) is 17.1 Å². The second kappa shape index (κ2) is 7.23. The number of aliphatic imine (C=N–C) groups is 1. The highest BCUT2D eigenvalue weighted by Gasteiger charge is 2.17. The Balaban J connectivity index is 1.47. The van der Waals surface area contributed by atoms with E-state index in [1.54, 1.807) is 25.1 Å². The number of amidine groups is 1. The summed E-state index contributed by atoms with van der Waals surface area (Å²) in [5, 5.41) is 14.7. The van der Waals surface area contributed by atoms with Crippen LogP contribution in [0.15, 0.2) is 46.0 Å². The van der Waals surface area contributed by atoms with Gasteiger partial charge in [0.15, 0.2) is 34.9 Å². The van der Waals surface area contributed by atoms with E-state index in [9.17, 15) is 8.78 Å². The maximum absolute atomic E-state index is 14.6. The molecule has 1 aromatic carbocycles. The van der Waals surface area contributed by atoms with Crippen molar-refractivity contribution in [1.82, 2.24) is 15.2 Å². The molecule has 0 aliphatic rings. The number of aromatic nitrogens is 3. The van der Waals surface area contributed by atoms with E-state index >= 15 is 0 Å². The quantitative estimate of drug-likeness (QED) is 0.297. The minimum absolute atomic E-state index is 0.0203. The maximum atomic E-state index is 14.6. The number of H-pyrrole nitrogens is 2. The Morgan fingerprint density at radius 2 is 2.17 bits per heavy atom. The number of hydrogen-bond donors (Lipinski definition) is 4. The number of rotatable bonds is 5. The van der Waals surface area contributed by atoms with Crippen molar-refractivity contribution in [3.05, 3.63) is 53.9 Å². The Hall–Kier alpha value is -3.95. The lowest BCUT2D eigenvalue weighted by Crippen LogP contribution is -2.20. The third kappa shape index (κ3) is 3.72. The lowest BCUT2D eigenvalue weighted by molar-refractivity contribution is 0.480. The van der Waals surface area contributed by atoms with Crippen LogP contribution in [0.4, 0.5) is 14.6 Å². The van der Waals surface area contributed by atoms with Crippen molar-refractivity contribution < 1.29 is 17.9 Å². The fourth-order valence-electron chi connectivity index (χ4n) is 2.85. The molecule has 148 valence electrons. The molecule has 29 heavy (non-hydrogen) atoms. The van der Waals surface area contributed by atoms with E-state index in [1.165, 1.54) is 12.3 Å². The average Bonchev–Trinajstić information content (AvgIpc) is 3.39. The number of furan rings is 1. The Morgan fingerprint density at radius 3 is 2.93 bits per heavy atom. The number of halogens is 2. The molecule has 0 amide bonds. The fraction of sp³-hybridized carbons (Fsp3) is 0.105. The summed E-state index contributed by atoms with van der Waals surface area (Å²) < 4.78 is 39.1. The average molecular weight is 398 g/mol. The lowest BCUT2D eigenvalue weighted by Gasteiger charge is -2.09. The fourth-order valence-corrected chi connectivity index (χ4v) is 2.85. The summed E-state index contributed by atoms with van der Waals surface area (Å²) in [5.74, 6) is -1.34. The zero-order valence-corrected chi connectivity index (χ0v) is 15.2. The highest BCUT2D eigenvalue weighted by atomic mass is 19.1. The van der Waals surface area contributed by atoms with E-state index in [-0.39, 0.29) is 29.0 Å². The van der Waals surface area contributed by atoms with Gasteiger partial charge in [-0.2, -0.15) is 5.10 Å². The summed E-state index contributed by atoms with van der Waals surface area (Å²) in [5.41, 5.74) is 7.09. The summed E-state index contributed by atoms with van der Waals surface area (Å²) in [7, 11) is 0. The van der Waals surface area contributed by atoms with Crippen LogP contribution in [0.3, 0.4) is 0 Å². The van der Waals surface area contributed by atoms with Crippen molar-refractivity contribution in [2.24, 2.45) is 10.7 Å². The van der Waals surface area contributed by atoms with E-state index in [0.717, 1.165) is 6.07 Å². The van der Waals surface area contributed by atoms with Crippen LogP contribution >= 0.6 is 0 Å². The first kappa shape index (κ1) is 18.4. The number of hydrogen-bond acceptors (Lipinski definition) is 5. The first-order chi connectivity index (χ1) is 13.9. The lowest BCUT2D eigenvalue weighted by atomic mass is 10.2. The number of nitrogens with two attached hydrogens (primary N) is 1. The predicted molar refractivity (Wildman–Crippen MR) is 103 cm³/mol. The number of aryl methyl sites for hydroxylation is 1. The molecule has 3 aromatic heterocycles. The molecule has 0 unspecified atom stereocenters. The van der Waals surface area contributed by atoms with Crippen molar-refractivity contribution in [1.29, 1.82) is 5.41 Å². The highest BCUT2D eigenvalue weighted by Crippen LogP contribution is 2.30. The molecule has 0 spiro atoms. The number of nitrogens with zero attached hydrogens (tertiary/aromatic N) is 2. The second-order valence-electron chi connectivity index (χ2n) is 6.33. The third-order valence-corrected chi connectivity index (χ3v) is 4.09. The Bertz CT molecular complexity index is 1220. The zero-order valence-electron chi connectivity index (χ0n) is 15.2. The molecule has 10 heteroatoms. The smallest absolute Gasteiger partial charge is 0.195 e. The van der Waals surface area contributed by atoms with Gasteiger partial charge in [-0.1, -0.05) is 0 Å². The molecule has 5 N–H and O–H groups in total. The summed E-state index contributed by atoms with van der Waals surface area (Å²) >= 11 is 0. The van der Waals surface area contributed by atoms with Gasteiger partial charge in [-0.05, 0) is 25.1 Å². The van der Waals surface area contributed by atoms with Gasteiger partial charge >= 0.3 is 0 Å². The van der Waals surface area contributed by atoms with Gasteiger partial charge in [-0.25, -0.2) is 13.8 Å².